The highest BCUT2D eigenvalue weighted by atomic mass is 127. The van der Waals surface area contributed by atoms with Crippen LogP contribution in [0.1, 0.15) is 66.2 Å². The molecule has 0 bridgehead atoms. The highest BCUT2D eigenvalue weighted by Crippen LogP contribution is 2.26. The second-order valence-corrected chi connectivity index (χ2v) is 9.29. The first-order valence-electron chi connectivity index (χ1n) is 10.9. The van der Waals surface area contributed by atoms with Crippen molar-refractivity contribution in [2.75, 3.05) is 33.7 Å². The van der Waals surface area contributed by atoms with Gasteiger partial charge in [-0.05, 0) is 53.4 Å². The van der Waals surface area contributed by atoms with Crippen LogP contribution in [0.5, 0.6) is 0 Å². The van der Waals surface area contributed by atoms with Crippen molar-refractivity contribution in [1.29, 1.82) is 0 Å². The van der Waals surface area contributed by atoms with Gasteiger partial charge in [0.25, 0.3) is 0 Å². The Hall–Kier alpha value is -0.770. The second-order valence-electron chi connectivity index (χ2n) is 9.29. The molecule has 2 atom stereocenters. The van der Waals surface area contributed by atoms with Gasteiger partial charge in [0, 0.05) is 51.9 Å². The van der Waals surface area contributed by atoms with Crippen LogP contribution < -0.4 is 10.6 Å². The van der Waals surface area contributed by atoms with Crippen LogP contribution in [0, 0.1) is 0 Å². The minimum absolute atomic E-state index is 0. The van der Waals surface area contributed by atoms with Crippen LogP contribution in [0.4, 0.5) is 4.79 Å². The van der Waals surface area contributed by atoms with E-state index in [0.29, 0.717) is 6.04 Å². The first-order valence-corrected chi connectivity index (χ1v) is 10.9. The maximum atomic E-state index is 12.2. The third-order valence-corrected chi connectivity index (χ3v) is 5.82. The van der Waals surface area contributed by atoms with Crippen LogP contribution >= 0.6 is 24.0 Å². The van der Waals surface area contributed by atoms with E-state index in [4.69, 9.17) is 4.74 Å². The fourth-order valence-electron chi connectivity index (χ4n) is 4.00. The lowest BCUT2D eigenvalue weighted by molar-refractivity contribution is 0.0230. The Bertz CT molecular complexity index is 532. The van der Waals surface area contributed by atoms with Crippen molar-refractivity contribution in [1.82, 2.24) is 20.4 Å². The summed E-state index contributed by atoms with van der Waals surface area (Å²) in [5.74, 6) is 0.852. The molecule has 8 heteroatoms. The van der Waals surface area contributed by atoms with Crippen molar-refractivity contribution in [3.05, 3.63) is 0 Å². The van der Waals surface area contributed by atoms with E-state index >= 15 is 0 Å². The number of nitrogens with one attached hydrogen (secondary N) is 2. The molecule has 0 aromatic rings. The smallest absolute Gasteiger partial charge is 0.410 e. The SMILES string of the molecule is CN=C(NCCC(C)N(C)C(=O)OC(C)(C)C)NC1CCN(C2CCCC2)C1.I. The summed E-state index contributed by atoms with van der Waals surface area (Å²) < 4.78 is 5.44. The van der Waals surface area contributed by atoms with Crippen LogP contribution in [0.2, 0.25) is 0 Å². The summed E-state index contributed by atoms with van der Waals surface area (Å²) in [7, 11) is 3.61. The quantitative estimate of drug-likeness (QED) is 0.317. The number of halogens is 1. The van der Waals surface area contributed by atoms with E-state index in [2.05, 4.69) is 20.5 Å². The number of carbonyl (C=O) groups is 1. The van der Waals surface area contributed by atoms with E-state index < -0.39 is 5.60 Å². The summed E-state index contributed by atoms with van der Waals surface area (Å²) >= 11 is 0. The van der Waals surface area contributed by atoms with Crippen LogP contribution in [0.25, 0.3) is 0 Å². The molecule has 0 aromatic heterocycles. The molecule has 2 rings (SSSR count). The van der Waals surface area contributed by atoms with Crippen LogP contribution in [-0.4, -0.2) is 79.3 Å². The number of likely N-dealkylation sites (tertiary alicyclic amines) is 1. The lowest BCUT2D eigenvalue weighted by atomic mass is 10.2. The first kappa shape index (κ1) is 26.3. The van der Waals surface area contributed by atoms with Gasteiger partial charge in [0.05, 0.1) is 0 Å². The Kier molecular flexibility index (Phi) is 11.0. The predicted molar refractivity (Wildman–Crippen MR) is 130 cm³/mol. The van der Waals surface area contributed by atoms with Gasteiger partial charge in [-0.3, -0.25) is 9.89 Å². The van der Waals surface area contributed by atoms with Crippen molar-refractivity contribution in [3.8, 4) is 0 Å². The van der Waals surface area contributed by atoms with E-state index in [1.54, 1.807) is 11.9 Å². The molecule has 1 saturated heterocycles. The average molecular weight is 524 g/mol. The van der Waals surface area contributed by atoms with E-state index in [1.807, 2.05) is 34.7 Å². The third-order valence-electron chi connectivity index (χ3n) is 5.82. The minimum atomic E-state index is -0.469. The lowest BCUT2D eigenvalue weighted by Crippen LogP contribution is -2.46. The Morgan fingerprint density at radius 2 is 1.93 bits per heavy atom. The molecule has 0 aromatic carbocycles. The van der Waals surface area contributed by atoms with Crippen molar-refractivity contribution in [3.63, 3.8) is 0 Å². The van der Waals surface area contributed by atoms with Crippen LogP contribution in [0.3, 0.4) is 0 Å². The Morgan fingerprint density at radius 3 is 2.52 bits per heavy atom. The molecule has 29 heavy (non-hydrogen) atoms. The summed E-state index contributed by atoms with van der Waals surface area (Å²) in [4.78, 5) is 20.9. The van der Waals surface area contributed by atoms with Crippen molar-refractivity contribution in [2.45, 2.75) is 89.9 Å². The molecular weight excluding hydrogens is 481 g/mol. The average Bonchev–Trinajstić information content (AvgIpc) is 3.29. The van der Waals surface area contributed by atoms with E-state index in [-0.39, 0.29) is 36.1 Å². The molecular formula is C21H42IN5O2. The van der Waals surface area contributed by atoms with Gasteiger partial charge in [-0.1, -0.05) is 12.8 Å². The summed E-state index contributed by atoms with van der Waals surface area (Å²) in [5, 5.41) is 6.96. The zero-order chi connectivity index (χ0) is 20.7. The molecule has 2 fully saturated rings. The lowest BCUT2D eigenvalue weighted by Gasteiger charge is -2.29. The fourth-order valence-corrected chi connectivity index (χ4v) is 4.00. The number of guanidine groups is 1. The molecule has 2 aliphatic rings. The molecule has 2 N–H and O–H groups in total. The first-order chi connectivity index (χ1) is 13.2. The van der Waals surface area contributed by atoms with Crippen molar-refractivity contribution < 1.29 is 9.53 Å². The monoisotopic (exact) mass is 523 g/mol. The van der Waals surface area contributed by atoms with Gasteiger partial charge in [0.2, 0.25) is 0 Å². The summed E-state index contributed by atoms with van der Waals surface area (Å²) in [6.07, 6.45) is 7.23. The molecule has 1 aliphatic heterocycles. The van der Waals surface area contributed by atoms with Crippen molar-refractivity contribution in [2.24, 2.45) is 4.99 Å². The summed E-state index contributed by atoms with van der Waals surface area (Å²) in [6, 6.07) is 1.35. The molecule has 170 valence electrons. The van der Waals surface area contributed by atoms with Gasteiger partial charge in [-0.2, -0.15) is 0 Å². The standard InChI is InChI=1S/C21H41N5O2.HI/c1-16(25(6)20(27)28-21(2,3)4)11-13-23-19(22-5)24-17-12-14-26(15-17)18-9-7-8-10-18;/h16-18H,7-15H2,1-6H3,(H2,22,23,24);1H. The molecule has 0 radical (unpaired) electrons. The number of amides is 1. The van der Waals surface area contributed by atoms with Gasteiger partial charge in [-0.15, -0.1) is 24.0 Å². The Balaban J connectivity index is 0.00000420. The minimum Gasteiger partial charge on any atom is -0.444 e. The Labute approximate surface area is 194 Å². The van der Waals surface area contributed by atoms with Crippen LogP contribution in [-0.2, 0) is 4.74 Å². The zero-order valence-corrected chi connectivity index (χ0v) is 21.5. The molecule has 2 unspecified atom stereocenters. The number of nitrogens with zero attached hydrogens (tertiary/aromatic N) is 3. The highest BCUT2D eigenvalue weighted by molar-refractivity contribution is 14.0. The van der Waals surface area contributed by atoms with Gasteiger partial charge < -0.3 is 20.3 Å². The van der Waals surface area contributed by atoms with Crippen molar-refractivity contribution >= 4 is 36.0 Å². The number of hydrogen-bond acceptors (Lipinski definition) is 4. The van der Waals surface area contributed by atoms with Gasteiger partial charge in [0.1, 0.15) is 5.60 Å². The third kappa shape index (κ3) is 8.86. The van der Waals surface area contributed by atoms with Gasteiger partial charge >= 0.3 is 6.09 Å². The fraction of sp³-hybridized carbons (Fsp3) is 0.905. The van der Waals surface area contributed by atoms with Gasteiger partial charge in [0.15, 0.2) is 5.96 Å². The number of hydrogen-bond donors (Lipinski definition) is 2. The highest BCUT2D eigenvalue weighted by Gasteiger charge is 2.30. The molecule has 7 nitrogen and oxygen atoms in total. The Morgan fingerprint density at radius 1 is 1.28 bits per heavy atom. The van der Waals surface area contributed by atoms with E-state index in [1.165, 1.54) is 38.6 Å². The number of rotatable bonds is 6. The summed E-state index contributed by atoms with van der Waals surface area (Å²) in [6.45, 7) is 10.8. The normalized spacial score (nSPS) is 22.1. The molecule has 1 amide bonds. The van der Waals surface area contributed by atoms with E-state index in [0.717, 1.165) is 31.5 Å². The van der Waals surface area contributed by atoms with Crippen LogP contribution in [0.15, 0.2) is 4.99 Å². The number of ether oxygens (including phenoxy) is 1. The molecule has 1 saturated carbocycles. The topological polar surface area (TPSA) is 69.2 Å². The second kappa shape index (κ2) is 12.2. The molecule has 1 aliphatic carbocycles. The zero-order valence-electron chi connectivity index (χ0n) is 19.2. The largest absolute Gasteiger partial charge is 0.444 e. The maximum absolute atomic E-state index is 12.2. The number of carbonyl (C=O) groups excluding carboxylic acids is 1. The number of aliphatic imine (C=N–C) groups is 1. The van der Waals surface area contributed by atoms with E-state index in [9.17, 15) is 4.79 Å². The maximum Gasteiger partial charge on any atom is 0.410 e. The summed E-state index contributed by atoms with van der Waals surface area (Å²) in [5.41, 5.74) is -0.469. The predicted octanol–water partition coefficient (Wildman–Crippen LogP) is 3.43. The molecule has 0 spiro atoms. The molecule has 1 heterocycles. The van der Waals surface area contributed by atoms with Gasteiger partial charge in [-0.25, -0.2) is 4.79 Å².